The average molecular weight is 603 g/mol. The van der Waals surface area contributed by atoms with Crippen molar-refractivity contribution >= 4 is 22.2 Å². The van der Waals surface area contributed by atoms with Gasteiger partial charge in [-0.2, -0.15) is 12.1 Å². The molecule has 0 aliphatic carbocycles. The van der Waals surface area contributed by atoms with Gasteiger partial charge in [0.1, 0.15) is 0 Å². The third-order valence-electron chi connectivity index (χ3n) is 4.35. The molecule has 1 aromatic heterocycles. The minimum absolute atomic E-state index is 0. The first-order valence-corrected chi connectivity index (χ1v) is 9.26. The quantitative estimate of drug-likeness (QED) is 0.366. The molecule has 1 N–H and O–H groups in total. The number of aromatic nitrogens is 1. The molecule has 2 heterocycles. The first-order valence-electron chi connectivity index (χ1n) is 8.45. The zero-order valence-corrected chi connectivity index (χ0v) is 21.4. The first kappa shape index (κ1) is 22.0. The van der Waals surface area contributed by atoms with Crippen LogP contribution in [0, 0.1) is 58.5 Å². The van der Waals surface area contributed by atoms with E-state index in [1.54, 1.807) is 11.3 Å². The number of anilines is 2. The number of nitrogens with zero attached hydrogens (tertiary/aromatic N) is 1. The van der Waals surface area contributed by atoms with Crippen LogP contribution in [0.3, 0.4) is 0 Å². The van der Waals surface area contributed by atoms with Crippen LogP contribution in [0.25, 0.3) is 11.3 Å². The average Bonchev–Trinajstić information content (AvgIpc) is 3.06. The number of fused-ring (bicyclic) bond motifs is 1. The monoisotopic (exact) mass is 602 g/mol. The first-order chi connectivity index (χ1) is 11.9. The molecular formula is C22H24N2OSU. The third kappa shape index (κ3) is 4.77. The number of thiazole rings is 1. The van der Waals surface area contributed by atoms with Crippen LogP contribution in [-0.4, -0.2) is 10.6 Å². The molecule has 0 unspecified atom stereocenters. The molecule has 0 bridgehead atoms. The molecule has 1 aliphatic heterocycles. The minimum Gasteiger partial charge on any atom is -0.514 e. The maximum Gasteiger partial charge on any atom is 2.00 e. The largest absolute Gasteiger partial charge is 2.00 e. The maximum absolute atomic E-state index is 5.92. The number of aryl methyl sites for hydroxylation is 2. The zero-order valence-electron chi connectivity index (χ0n) is 16.4. The van der Waals surface area contributed by atoms with Crippen LogP contribution >= 0.6 is 11.3 Å². The summed E-state index contributed by atoms with van der Waals surface area (Å²) in [4.78, 5) is 6.00. The van der Waals surface area contributed by atoms with E-state index in [9.17, 15) is 0 Å². The van der Waals surface area contributed by atoms with Crippen molar-refractivity contribution < 1.29 is 35.9 Å². The molecule has 0 amide bonds. The fraction of sp³-hybridized carbons (Fsp3) is 0.273. The van der Waals surface area contributed by atoms with Gasteiger partial charge in [-0.05, 0) is 46.2 Å². The molecule has 0 saturated carbocycles. The van der Waals surface area contributed by atoms with E-state index in [4.69, 9.17) is 9.72 Å². The Kier molecular flexibility index (Phi) is 6.84. The van der Waals surface area contributed by atoms with Gasteiger partial charge < -0.3 is 17.5 Å². The van der Waals surface area contributed by atoms with Gasteiger partial charge in [0, 0.05) is 22.0 Å². The summed E-state index contributed by atoms with van der Waals surface area (Å²) in [5.41, 5.74) is 5.49. The van der Waals surface area contributed by atoms with Gasteiger partial charge in [-0.25, -0.2) is 4.98 Å². The van der Waals surface area contributed by atoms with E-state index in [1.807, 2.05) is 6.07 Å². The fourth-order valence-electron chi connectivity index (χ4n) is 3.14. The summed E-state index contributed by atoms with van der Waals surface area (Å²) in [6, 6.07) is 15.8. The van der Waals surface area contributed by atoms with Crippen molar-refractivity contribution in [2.24, 2.45) is 0 Å². The third-order valence-corrected chi connectivity index (χ3v) is 5.23. The Hall–Kier alpha value is -1.28. The molecule has 3 aromatic rings. The van der Waals surface area contributed by atoms with Gasteiger partial charge in [0.15, 0.2) is 5.13 Å². The van der Waals surface area contributed by atoms with Crippen molar-refractivity contribution in [2.75, 3.05) is 5.32 Å². The van der Waals surface area contributed by atoms with E-state index in [0.29, 0.717) is 0 Å². The number of nitrogens with one attached hydrogen (secondary N) is 1. The Morgan fingerprint density at radius 3 is 2.59 bits per heavy atom. The standard InChI is InChI=1S/C21H21N2OS.CH3.U/c1-13-5-8-17(9-6-13)22-20-23-19(14(2)25-20)15-7-10-18-16(11-15)12-21(3,4)24-18;;/h5-9,11H,12H2,1-4H3,(H,22,23);1H3;/q2*-1;+2. The normalized spacial score (nSPS) is 13.8. The van der Waals surface area contributed by atoms with Gasteiger partial charge >= 0.3 is 31.1 Å². The van der Waals surface area contributed by atoms with Crippen molar-refractivity contribution in [3.63, 3.8) is 0 Å². The molecule has 138 valence electrons. The predicted octanol–water partition coefficient (Wildman–Crippen LogP) is 6.13. The Labute approximate surface area is 190 Å². The Balaban J connectivity index is 0.00000131. The van der Waals surface area contributed by atoms with E-state index >= 15 is 0 Å². The summed E-state index contributed by atoms with van der Waals surface area (Å²) >= 11 is 1.67. The molecule has 0 atom stereocenters. The zero-order chi connectivity index (χ0) is 17.6. The Morgan fingerprint density at radius 1 is 1.19 bits per heavy atom. The molecule has 5 heteroatoms. The van der Waals surface area contributed by atoms with Gasteiger partial charge in [-0.1, -0.05) is 17.7 Å². The molecule has 0 saturated heterocycles. The summed E-state index contributed by atoms with van der Waals surface area (Å²) in [5.74, 6) is 0.875. The van der Waals surface area contributed by atoms with Crippen LogP contribution in [0.4, 0.5) is 10.8 Å². The molecule has 0 fully saturated rings. The molecular weight excluding hydrogens is 578 g/mol. The number of hydrogen-bond acceptors (Lipinski definition) is 4. The van der Waals surface area contributed by atoms with Gasteiger partial charge in [-0.15, -0.1) is 28.5 Å². The summed E-state index contributed by atoms with van der Waals surface area (Å²) < 4.78 is 5.92. The number of rotatable bonds is 3. The molecule has 2 aromatic carbocycles. The predicted molar refractivity (Wildman–Crippen MR) is 110 cm³/mol. The van der Waals surface area contributed by atoms with E-state index in [1.165, 1.54) is 16.0 Å². The molecule has 0 radical (unpaired) electrons. The van der Waals surface area contributed by atoms with Crippen LogP contribution in [-0.2, 0) is 6.42 Å². The topological polar surface area (TPSA) is 34.2 Å². The molecule has 1 aliphatic rings. The van der Waals surface area contributed by atoms with Crippen molar-refractivity contribution in [3.05, 3.63) is 65.9 Å². The van der Waals surface area contributed by atoms with E-state index in [-0.39, 0.29) is 44.1 Å². The SMILES string of the molecule is Cc1ccc(Nc2nc(-c3c[c-]c4c(c3)CC(C)(C)O4)c(C)s2)cc1.[CH3-].[U+2]. The van der Waals surface area contributed by atoms with Crippen molar-refractivity contribution in [1.82, 2.24) is 4.98 Å². The van der Waals surface area contributed by atoms with E-state index in [2.05, 4.69) is 69.4 Å². The Morgan fingerprint density at radius 2 is 1.89 bits per heavy atom. The second-order valence-corrected chi connectivity index (χ2v) is 8.40. The number of ether oxygens (including phenoxy) is 1. The van der Waals surface area contributed by atoms with Crippen molar-refractivity contribution in [1.29, 1.82) is 0 Å². The van der Waals surface area contributed by atoms with Crippen molar-refractivity contribution in [2.45, 2.75) is 39.7 Å². The Bertz CT molecular complexity index is 932. The second kappa shape index (κ2) is 8.39. The summed E-state index contributed by atoms with van der Waals surface area (Å²) in [6.45, 7) is 8.42. The van der Waals surface area contributed by atoms with Gasteiger partial charge in [0.2, 0.25) is 0 Å². The van der Waals surface area contributed by atoms with Crippen LogP contribution < -0.4 is 10.1 Å². The summed E-state index contributed by atoms with van der Waals surface area (Å²) in [6.07, 6.45) is 0.907. The molecule has 3 nitrogen and oxygen atoms in total. The van der Waals surface area contributed by atoms with Gasteiger partial charge in [-0.3, -0.25) is 0 Å². The van der Waals surface area contributed by atoms with Gasteiger partial charge in [0.05, 0.1) is 5.60 Å². The molecule has 0 spiro atoms. The number of hydrogen-bond donors (Lipinski definition) is 1. The summed E-state index contributed by atoms with van der Waals surface area (Å²) in [5, 5.41) is 4.31. The van der Waals surface area contributed by atoms with Crippen LogP contribution in [0.2, 0.25) is 0 Å². The maximum atomic E-state index is 5.92. The molecule has 27 heavy (non-hydrogen) atoms. The van der Waals surface area contributed by atoms with Crippen molar-refractivity contribution in [3.8, 4) is 17.0 Å². The van der Waals surface area contributed by atoms with Crippen LogP contribution in [0.1, 0.15) is 29.9 Å². The van der Waals surface area contributed by atoms with Crippen LogP contribution in [0.15, 0.2) is 36.4 Å². The van der Waals surface area contributed by atoms with Crippen LogP contribution in [0.5, 0.6) is 5.75 Å². The summed E-state index contributed by atoms with van der Waals surface area (Å²) in [7, 11) is 0. The molecule has 4 rings (SSSR count). The van der Waals surface area contributed by atoms with E-state index in [0.717, 1.165) is 34.2 Å². The van der Waals surface area contributed by atoms with E-state index < -0.39 is 0 Å². The minimum atomic E-state index is -0.146. The number of benzene rings is 2. The smallest absolute Gasteiger partial charge is 0.514 e. The second-order valence-electron chi connectivity index (χ2n) is 7.20. The van der Waals surface area contributed by atoms with Gasteiger partial charge in [0.25, 0.3) is 0 Å². The fourth-order valence-corrected chi connectivity index (χ4v) is 4.00.